The van der Waals surface area contributed by atoms with Crippen LogP contribution in [0.3, 0.4) is 0 Å². The lowest BCUT2D eigenvalue weighted by Gasteiger charge is -2.35. The van der Waals surface area contributed by atoms with Gasteiger partial charge in [0.05, 0.1) is 11.3 Å². The van der Waals surface area contributed by atoms with Crippen molar-refractivity contribution in [2.75, 3.05) is 26.2 Å². The molecule has 6 nitrogen and oxygen atoms in total. The zero-order valence-corrected chi connectivity index (χ0v) is 16.1. The van der Waals surface area contributed by atoms with Gasteiger partial charge in [-0.05, 0) is 23.8 Å². The largest absolute Gasteiger partial charge is 0.339 e. The zero-order valence-electron chi connectivity index (χ0n) is 15.2. The third-order valence-electron chi connectivity index (χ3n) is 5.13. The van der Waals surface area contributed by atoms with Crippen LogP contribution in [0.4, 0.5) is 0 Å². The van der Waals surface area contributed by atoms with Gasteiger partial charge in [-0.15, -0.1) is 0 Å². The van der Waals surface area contributed by atoms with Crippen LogP contribution >= 0.6 is 0 Å². The number of sulfone groups is 1. The third kappa shape index (κ3) is 3.45. The van der Waals surface area contributed by atoms with E-state index < -0.39 is 9.84 Å². The van der Waals surface area contributed by atoms with Crippen molar-refractivity contribution in [2.45, 2.75) is 11.3 Å². The molecular formula is C21H20N2O4S. The topological polar surface area (TPSA) is 74.8 Å². The summed E-state index contributed by atoms with van der Waals surface area (Å²) in [5, 5.41) is 1.13. The molecule has 0 spiro atoms. The Bertz CT molecular complexity index is 1050. The second kappa shape index (κ2) is 7.24. The van der Waals surface area contributed by atoms with Crippen LogP contribution < -0.4 is 0 Å². The van der Waals surface area contributed by atoms with Gasteiger partial charge in [-0.25, -0.2) is 8.42 Å². The van der Waals surface area contributed by atoms with Crippen LogP contribution in [0.1, 0.15) is 21.5 Å². The number of fused-ring (bicyclic) bond motifs is 1. The molecule has 2 aliphatic heterocycles. The van der Waals surface area contributed by atoms with Crippen LogP contribution in [0.15, 0.2) is 58.8 Å². The predicted octanol–water partition coefficient (Wildman–Crippen LogP) is 1.97. The minimum Gasteiger partial charge on any atom is -0.339 e. The summed E-state index contributed by atoms with van der Waals surface area (Å²) >= 11 is 0. The molecule has 2 heterocycles. The first-order chi connectivity index (χ1) is 13.5. The van der Waals surface area contributed by atoms with Crippen LogP contribution in [0.2, 0.25) is 0 Å². The summed E-state index contributed by atoms with van der Waals surface area (Å²) in [7, 11) is -3.45. The van der Waals surface area contributed by atoms with E-state index in [1.54, 1.807) is 21.9 Å². The van der Waals surface area contributed by atoms with Gasteiger partial charge in [0.1, 0.15) is 0 Å². The highest BCUT2D eigenvalue weighted by atomic mass is 32.2. The average Bonchev–Trinajstić information content (AvgIpc) is 3.03. The molecule has 2 aliphatic rings. The molecule has 0 radical (unpaired) electrons. The number of carbonyl (C=O) groups is 2. The van der Waals surface area contributed by atoms with Crippen molar-refractivity contribution in [2.24, 2.45) is 0 Å². The molecule has 0 unspecified atom stereocenters. The first-order valence-electron chi connectivity index (χ1n) is 9.13. The van der Waals surface area contributed by atoms with Crippen molar-refractivity contribution in [1.82, 2.24) is 9.80 Å². The molecule has 0 bridgehead atoms. The fourth-order valence-corrected chi connectivity index (χ4v) is 4.81. The summed E-state index contributed by atoms with van der Waals surface area (Å²) in [5.74, 6) is -0.151. The maximum absolute atomic E-state index is 12.9. The maximum Gasteiger partial charge on any atom is 0.254 e. The lowest BCUT2D eigenvalue weighted by Crippen LogP contribution is -2.51. The Kier molecular flexibility index (Phi) is 4.77. The highest BCUT2D eigenvalue weighted by Crippen LogP contribution is 2.30. The molecule has 2 amide bonds. The molecule has 144 valence electrons. The van der Waals surface area contributed by atoms with Crippen molar-refractivity contribution >= 4 is 27.7 Å². The molecule has 0 aromatic heterocycles. The highest BCUT2D eigenvalue weighted by molar-refractivity contribution is 7.94. The molecular weight excluding hydrogens is 376 g/mol. The molecule has 0 saturated carbocycles. The summed E-state index contributed by atoms with van der Waals surface area (Å²) < 4.78 is 24.0. The number of hydrogen-bond acceptors (Lipinski definition) is 4. The van der Waals surface area contributed by atoms with Crippen molar-refractivity contribution in [3.63, 3.8) is 0 Å². The number of piperazine rings is 1. The zero-order chi connectivity index (χ0) is 19.7. The SMILES string of the molecule is O=C(Cc1ccccc1)N1CCN(C(=O)c2cccc3c2C=CS3(=O)=O)CC1. The third-order valence-corrected chi connectivity index (χ3v) is 6.60. The normalized spacial score (nSPS) is 17.4. The summed E-state index contributed by atoms with van der Waals surface area (Å²) in [5.41, 5.74) is 1.81. The maximum atomic E-state index is 12.9. The molecule has 2 aromatic rings. The monoisotopic (exact) mass is 396 g/mol. The number of nitrogens with zero attached hydrogens (tertiary/aromatic N) is 2. The Labute approximate surface area is 164 Å². The van der Waals surface area contributed by atoms with Gasteiger partial charge in [-0.3, -0.25) is 9.59 Å². The molecule has 7 heteroatoms. The number of benzene rings is 2. The van der Waals surface area contributed by atoms with Crippen molar-refractivity contribution in [3.8, 4) is 0 Å². The second-order valence-corrected chi connectivity index (χ2v) is 8.70. The van der Waals surface area contributed by atoms with Crippen molar-refractivity contribution < 1.29 is 18.0 Å². The van der Waals surface area contributed by atoms with Gasteiger partial charge in [0.15, 0.2) is 9.84 Å². The smallest absolute Gasteiger partial charge is 0.254 e. The first kappa shape index (κ1) is 18.4. The Morgan fingerprint density at radius 1 is 0.857 bits per heavy atom. The molecule has 0 atom stereocenters. The van der Waals surface area contributed by atoms with Gasteiger partial charge >= 0.3 is 0 Å². The number of rotatable bonds is 3. The fraction of sp³-hybridized carbons (Fsp3) is 0.238. The van der Waals surface area contributed by atoms with Crippen molar-refractivity contribution in [1.29, 1.82) is 0 Å². The van der Waals surface area contributed by atoms with Gasteiger partial charge < -0.3 is 9.80 Å². The van der Waals surface area contributed by atoms with Crippen LogP contribution in [-0.2, 0) is 21.1 Å². The lowest BCUT2D eigenvalue weighted by molar-refractivity contribution is -0.131. The minimum atomic E-state index is -3.45. The van der Waals surface area contributed by atoms with Crippen LogP contribution in [-0.4, -0.2) is 56.2 Å². The summed E-state index contributed by atoms with van der Waals surface area (Å²) in [6, 6.07) is 14.3. The van der Waals surface area contributed by atoms with E-state index in [9.17, 15) is 18.0 Å². The van der Waals surface area contributed by atoms with E-state index in [4.69, 9.17) is 0 Å². The lowest BCUT2D eigenvalue weighted by atomic mass is 10.1. The standard InChI is InChI=1S/C21H20N2O4S/c24-20(15-16-5-2-1-3-6-16)22-10-12-23(13-11-22)21(25)18-7-4-8-19-17(18)9-14-28(19,26)27/h1-9,14H,10-13,15H2. The van der Waals surface area contributed by atoms with Crippen LogP contribution in [0.5, 0.6) is 0 Å². The van der Waals surface area contributed by atoms with Gasteiger partial charge in [-0.2, -0.15) is 0 Å². The molecule has 2 aromatic carbocycles. The van der Waals surface area contributed by atoms with E-state index >= 15 is 0 Å². The molecule has 0 N–H and O–H groups in total. The summed E-state index contributed by atoms with van der Waals surface area (Å²) in [6.07, 6.45) is 1.83. The fourth-order valence-electron chi connectivity index (χ4n) is 3.59. The van der Waals surface area contributed by atoms with E-state index in [2.05, 4.69) is 0 Å². The number of amides is 2. The molecule has 4 rings (SSSR count). The van der Waals surface area contributed by atoms with Gasteiger partial charge in [0.25, 0.3) is 5.91 Å². The summed E-state index contributed by atoms with van der Waals surface area (Å²) in [4.78, 5) is 29.0. The molecule has 28 heavy (non-hydrogen) atoms. The van der Waals surface area contributed by atoms with Gasteiger partial charge in [-0.1, -0.05) is 36.4 Å². The van der Waals surface area contributed by atoms with E-state index in [0.29, 0.717) is 43.7 Å². The molecule has 1 fully saturated rings. The number of carbonyl (C=O) groups excluding carboxylic acids is 2. The first-order valence-corrected chi connectivity index (χ1v) is 10.7. The second-order valence-electron chi connectivity index (χ2n) is 6.90. The minimum absolute atomic E-state index is 0.0490. The Morgan fingerprint density at radius 2 is 1.54 bits per heavy atom. The number of hydrogen-bond donors (Lipinski definition) is 0. The summed E-state index contributed by atoms with van der Waals surface area (Å²) in [6.45, 7) is 1.81. The quantitative estimate of drug-likeness (QED) is 0.795. The van der Waals surface area contributed by atoms with Gasteiger partial charge in [0.2, 0.25) is 5.91 Å². The Balaban J connectivity index is 1.42. The van der Waals surface area contributed by atoms with Crippen LogP contribution in [0.25, 0.3) is 6.08 Å². The van der Waals surface area contributed by atoms with Crippen molar-refractivity contribution in [3.05, 3.63) is 70.6 Å². The average molecular weight is 396 g/mol. The van der Waals surface area contributed by atoms with E-state index in [1.165, 1.54) is 12.1 Å². The van der Waals surface area contributed by atoms with E-state index in [-0.39, 0.29) is 16.7 Å². The van der Waals surface area contributed by atoms with Gasteiger partial charge in [0, 0.05) is 42.7 Å². The molecule has 0 aliphatic carbocycles. The predicted molar refractivity (Wildman–Crippen MR) is 105 cm³/mol. The van der Waals surface area contributed by atoms with E-state index in [1.807, 2.05) is 30.3 Å². The molecule has 1 saturated heterocycles. The highest BCUT2D eigenvalue weighted by Gasteiger charge is 2.29. The Morgan fingerprint density at radius 3 is 2.25 bits per heavy atom. The van der Waals surface area contributed by atoms with E-state index in [0.717, 1.165) is 11.0 Å². The van der Waals surface area contributed by atoms with Crippen LogP contribution in [0, 0.1) is 0 Å². The Hall–Kier alpha value is -2.93.